The summed E-state index contributed by atoms with van der Waals surface area (Å²) in [6.45, 7) is 2.03. The Morgan fingerprint density at radius 1 is 1.03 bits per heavy atom. The lowest BCUT2D eigenvalue weighted by Gasteiger charge is -2.13. The Kier molecular flexibility index (Phi) is 8.47. The monoisotopic (exact) mass is 621 g/mol. The standard InChI is InChI=1S/C28H21Br2N3O2S/c1-17-3-5-19(6-4-17)26-14-22(18-7-10-21(35-2)11-8-18)23(15-31)28(33-26)36-16-27(34)32-25-12-9-20(29)13-24(25)30/h3-14H,16H2,1-2H3,(H,32,34). The molecule has 0 fully saturated rings. The van der Waals surface area contributed by atoms with E-state index in [-0.39, 0.29) is 11.7 Å². The van der Waals surface area contributed by atoms with Crippen LogP contribution in [0.3, 0.4) is 0 Å². The van der Waals surface area contributed by atoms with E-state index in [0.717, 1.165) is 42.6 Å². The molecule has 0 aliphatic rings. The third kappa shape index (κ3) is 6.16. The second-order valence-electron chi connectivity index (χ2n) is 7.90. The zero-order valence-corrected chi connectivity index (χ0v) is 23.5. The Morgan fingerprint density at radius 3 is 2.36 bits per heavy atom. The molecule has 4 aromatic rings. The highest BCUT2D eigenvalue weighted by molar-refractivity contribution is 9.11. The number of aromatic nitrogens is 1. The lowest BCUT2D eigenvalue weighted by Crippen LogP contribution is -2.14. The van der Waals surface area contributed by atoms with Gasteiger partial charge in [-0.3, -0.25) is 4.79 Å². The quantitative estimate of drug-likeness (QED) is 0.212. The highest BCUT2D eigenvalue weighted by Crippen LogP contribution is 2.35. The van der Waals surface area contributed by atoms with E-state index in [1.807, 2.05) is 79.7 Å². The van der Waals surface area contributed by atoms with Gasteiger partial charge in [-0.2, -0.15) is 5.26 Å². The van der Waals surface area contributed by atoms with Crippen LogP contribution in [0, 0.1) is 18.3 Å². The number of hydrogen-bond acceptors (Lipinski definition) is 5. The molecule has 1 aromatic heterocycles. The predicted octanol–water partition coefficient (Wildman–Crippen LogP) is 7.86. The number of halogens is 2. The van der Waals surface area contributed by atoms with E-state index in [1.54, 1.807) is 7.11 Å². The molecule has 5 nitrogen and oxygen atoms in total. The van der Waals surface area contributed by atoms with Crippen LogP contribution >= 0.6 is 43.6 Å². The van der Waals surface area contributed by atoms with Crippen LogP contribution in [0.5, 0.6) is 5.75 Å². The number of methoxy groups -OCH3 is 1. The molecule has 0 bridgehead atoms. The van der Waals surface area contributed by atoms with Crippen LogP contribution in [0.2, 0.25) is 0 Å². The summed E-state index contributed by atoms with van der Waals surface area (Å²) in [4.78, 5) is 17.5. The number of benzene rings is 3. The van der Waals surface area contributed by atoms with Gasteiger partial charge in [0.15, 0.2) is 0 Å². The number of nitriles is 1. The van der Waals surface area contributed by atoms with Gasteiger partial charge in [-0.15, -0.1) is 0 Å². The number of carbonyl (C=O) groups is 1. The van der Waals surface area contributed by atoms with Crippen molar-refractivity contribution < 1.29 is 9.53 Å². The van der Waals surface area contributed by atoms with Crippen LogP contribution in [0.1, 0.15) is 11.1 Å². The van der Waals surface area contributed by atoms with Crippen molar-refractivity contribution in [3.05, 3.63) is 92.9 Å². The Bertz CT molecular complexity index is 1450. The molecule has 0 atom stereocenters. The van der Waals surface area contributed by atoms with Crippen LogP contribution < -0.4 is 10.1 Å². The summed E-state index contributed by atoms with van der Waals surface area (Å²) < 4.78 is 6.96. The Morgan fingerprint density at radius 2 is 1.72 bits per heavy atom. The molecule has 0 unspecified atom stereocenters. The second kappa shape index (κ2) is 11.7. The fourth-order valence-electron chi connectivity index (χ4n) is 3.52. The Labute approximate surface area is 231 Å². The molecule has 180 valence electrons. The van der Waals surface area contributed by atoms with E-state index in [4.69, 9.17) is 9.72 Å². The average Bonchev–Trinajstić information content (AvgIpc) is 2.89. The topological polar surface area (TPSA) is 75.0 Å². The molecule has 36 heavy (non-hydrogen) atoms. The van der Waals surface area contributed by atoms with Gasteiger partial charge in [0.05, 0.1) is 29.8 Å². The van der Waals surface area contributed by atoms with Crippen molar-refractivity contribution in [1.29, 1.82) is 5.26 Å². The summed E-state index contributed by atoms with van der Waals surface area (Å²) in [5.41, 5.74) is 5.54. The largest absolute Gasteiger partial charge is 0.497 e. The summed E-state index contributed by atoms with van der Waals surface area (Å²) in [5, 5.41) is 13.5. The minimum absolute atomic E-state index is 0.101. The zero-order valence-electron chi connectivity index (χ0n) is 19.5. The molecule has 1 heterocycles. The van der Waals surface area contributed by atoms with Gasteiger partial charge in [0.25, 0.3) is 0 Å². The number of hydrogen-bond donors (Lipinski definition) is 1. The number of rotatable bonds is 7. The number of carbonyl (C=O) groups excluding carboxylic acids is 1. The first kappa shape index (κ1) is 26.0. The Hall–Kier alpha value is -3.12. The molecule has 0 radical (unpaired) electrons. The number of pyridine rings is 1. The molecule has 8 heteroatoms. The molecule has 0 saturated heterocycles. The number of amides is 1. The SMILES string of the molecule is COc1ccc(-c2cc(-c3ccc(C)cc3)nc(SCC(=O)Nc3ccc(Br)cc3Br)c2C#N)cc1. The van der Waals surface area contributed by atoms with Crippen molar-refractivity contribution >= 4 is 55.2 Å². The highest BCUT2D eigenvalue weighted by atomic mass is 79.9. The fourth-order valence-corrected chi connectivity index (χ4v) is 5.46. The molecule has 3 aromatic carbocycles. The maximum absolute atomic E-state index is 12.8. The molecule has 0 aliphatic carbocycles. The normalized spacial score (nSPS) is 10.5. The predicted molar refractivity (Wildman–Crippen MR) is 152 cm³/mol. The van der Waals surface area contributed by atoms with Crippen molar-refractivity contribution in [1.82, 2.24) is 4.98 Å². The molecule has 1 N–H and O–H groups in total. The van der Waals surface area contributed by atoms with Crippen LogP contribution in [0.25, 0.3) is 22.4 Å². The van der Waals surface area contributed by atoms with E-state index in [9.17, 15) is 10.1 Å². The summed E-state index contributed by atoms with van der Waals surface area (Å²) in [6.07, 6.45) is 0. The van der Waals surface area contributed by atoms with Gasteiger partial charge in [0.2, 0.25) is 5.91 Å². The maximum Gasteiger partial charge on any atom is 0.234 e. The lowest BCUT2D eigenvalue weighted by atomic mass is 9.99. The fraction of sp³-hybridized carbons (Fsp3) is 0.107. The summed E-state index contributed by atoms with van der Waals surface area (Å²) in [5.74, 6) is 0.639. The van der Waals surface area contributed by atoms with Gasteiger partial charge >= 0.3 is 0 Å². The summed E-state index contributed by atoms with van der Waals surface area (Å²) in [6, 6.07) is 25.4. The minimum atomic E-state index is -0.194. The number of ether oxygens (including phenoxy) is 1. The van der Waals surface area contributed by atoms with Crippen LogP contribution in [-0.2, 0) is 4.79 Å². The summed E-state index contributed by atoms with van der Waals surface area (Å²) >= 11 is 8.12. The van der Waals surface area contributed by atoms with E-state index < -0.39 is 0 Å². The number of nitrogens with zero attached hydrogens (tertiary/aromatic N) is 2. The second-order valence-corrected chi connectivity index (χ2v) is 10.6. The van der Waals surface area contributed by atoms with Gasteiger partial charge in [-0.1, -0.05) is 69.7 Å². The third-order valence-electron chi connectivity index (χ3n) is 5.39. The van der Waals surface area contributed by atoms with Crippen molar-refractivity contribution in [2.75, 3.05) is 18.2 Å². The number of anilines is 1. The van der Waals surface area contributed by atoms with Gasteiger partial charge < -0.3 is 10.1 Å². The van der Waals surface area contributed by atoms with Gasteiger partial charge in [-0.25, -0.2) is 4.98 Å². The first-order chi connectivity index (χ1) is 17.4. The van der Waals surface area contributed by atoms with E-state index in [2.05, 4.69) is 43.2 Å². The molecular weight excluding hydrogens is 602 g/mol. The first-order valence-electron chi connectivity index (χ1n) is 10.9. The maximum atomic E-state index is 12.8. The molecule has 0 saturated carbocycles. The smallest absolute Gasteiger partial charge is 0.234 e. The third-order valence-corrected chi connectivity index (χ3v) is 7.52. The van der Waals surface area contributed by atoms with Crippen molar-refractivity contribution in [3.8, 4) is 34.2 Å². The first-order valence-corrected chi connectivity index (χ1v) is 13.5. The number of thioether (sulfide) groups is 1. The number of aryl methyl sites for hydroxylation is 1. The van der Waals surface area contributed by atoms with Crippen LogP contribution in [0.4, 0.5) is 5.69 Å². The van der Waals surface area contributed by atoms with Gasteiger partial charge in [-0.05, 0) is 64.8 Å². The molecule has 0 aliphatic heterocycles. The molecule has 4 rings (SSSR count). The van der Waals surface area contributed by atoms with E-state index >= 15 is 0 Å². The number of nitrogens with one attached hydrogen (secondary N) is 1. The highest BCUT2D eigenvalue weighted by Gasteiger charge is 2.17. The van der Waals surface area contributed by atoms with Crippen molar-refractivity contribution in [2.45, 2.75) is 11.9 Å². The van der Waals surface area contributed by atoms with Gasteiger partial charge in [0, 0.05) is 20.1 Å². The molecule has 0 spiro atoms. The lowest BCUT2D eigenvalue weighted by molar-refractivity contribution is -0.113. The van der Waals surface area contributed by atoms with E-state index in [1.165, 1.54) is 11.8 Å². The van der Waals surface area contributed by atoms with E-state index in [0.29, 0.717) is 16.3 Å². The van der Waals surface area contributed by atoms with Crippen molar-refractivity contribution in [3.63, 3.8) is 0 Å². The molecular formula is C28H21Br2N3O2S. The summed E-state index contributed by atoms with van der Waals surface area (Å²) in [7, 11) is 1.62. The van der Waals surface area contributed by atoms with Crippen LogP contribution in [0.15, 0.2) is 86.8 Å². The van der Waals surface area contributed by atoms with Gasteiger partial charge in [0.1, 0.15) is 16.8 Å². The molecule has 1 amide bonds. The van der Waals surface area contributed by atoms with Crippen molar-refractivity contribution in [2.24, 2.45) is 0 Å². The van der Waals surface area contributed by atoms with Crippen LogP contribution in [-0.4, -0.2) is 23.8 Å². The zero-order chi connectivity index (χ0) is 25.7. The average molecular weight is 623 g/mol. The Balaban J connectivity index is 1.69. The minimum Gasteiger partial charge on any atom is -0.497 e.